The van der Waals surface area contributed by atoms with Crippen LogP contribution in [0.4, 0.5) is 15.4 Å². The quantitative estimate of drug-likeness (QED) is 0.247. The Bertz CT molecular complexity index is 1270. The molecule has 0 bridgehead atoms. The van der Waals surface area contributed by atoms with Crippen LogP contribution < -0.4 is 10.6 Å². The third-order valence-corrected chi connectivity index (χ3v) is 4.80. The van der Waals surface area contributed by atoms with Gasteiger partial charge in [-0.3, -0.25) is 10.6 Å². The summed E-state index contributed by atoms with van der Waals surface area (Å²) in [7, 11) is 1.19. The Morgan fingerprint density at radius 2 is 1.57 bits per heavy atom. The van der Waals surface area contributed by atoms with Gasteiger partial charge in [-0.15, -0.1) is 0 Å². The number of methoxy groups -OCH3 is 1. The minimum atomic E-state index is -0.852. The van der Waals surface area contributed by atoms with Crippen molar-refractivity contribution in [3.8, 4) is 11.1 Å². The molecule has 0 radical (unpaired) electrons. The summed E-state index contributed by atoms with van der Waals surface area (Å²) in [4.78, 5) is 41.8. The minimum absolute atomic E-state index is 0.0115. The summed E-state index contributed by atoms with van der Waals surface area (Å²) in [6, 6.07) is 20.2. The lowest BCUT2D eigenvalue weighted by Crippen LogP contribution is -2.29. The first-order valence-corrected chi connectivity index (χ1v) is 11.5. The first-order chi connectivity index (χ1) is 17.6. The number of rotatable bonds is 7. The first-order valence-electron chi connectivity index (χ1n) is 11.5. The molecule has 0 saturated carbocycles. The van der Waals surface area contributed by atoms with Crippen molar-refractivity contribution in [1.29, 1.82) is 0 Å². The van der Waals surface area contributed by atoms with Crippen LogP contribution in [-0.2, 0) is 25.6 Å². The molecule has 0 saturated heterocycles. The zero-order valence-corrected chi connectivity index (χ0v) is 21.1. The van der Waals surface area contributed by atoms with Crippen molar-refractivity contribution in [2.24, 2.45) is 0 Å². The molecule has 9 nitrogen and oxygen atoms in total. The van der Waals surface area contributed by atoms with Crippen molar-refractivity contribution in [2.75, 3.05) is 12.4 Å². The monoisotopic (exact) mass is 503 g/mol. The van der Waals surface area contributed by atoms with Gasteiger partial charge in [0.2, 0.25) is 0 Å². The number of nitrogens with zero attached hydrogens (tertiary/aromatic N) is 1. The molecule has 1 heterocycles. The van der Waals surface area contributed by atoms with Gasteiger partial charge in [0.1, 0.15) is 23.7 Å². The number of carbonyl (C=O) groups is 3. The molecule has 3 rings (SSSR count). The van der Waals surface area contributed by atoms with Gasteiger partial charge in [-0.25, -0.2) is 19.4 Å². The van der Waals surface area contributed by atoms with Gasteiger partial charge in [0.05, 0.1) is 7.11 Å². The van der Waals surface area contributed by atoms with E-state index in [1.807, 2.05) is 48.5 Å². The molecule has 0 atom stereocenters. The number of pyridine rings is 1. The molecule has 3 aromatic rings. The van der Waals surface area contributed by atoms with Crippen LogP contribution in [0.1, 0.15) is 31.9 Å². The first kappa shape index (κ1) is 26.9. The van der Waals surface area contributed by atoms with E-state index in [2.05, 4.69) is 15.6 Å². The van der Waals surface area contributed by atoms with E-state index in [0.29, 0.717) is 5.56 Å². The van der Waals surface area contributed by atoms with E-state index < -0.39 is 23.8 Å². The van der Waals surface area contributed by atoms with Gasteiger partial charge < -0.3 is 14.2 Å². The number of benzene rings is 2. The Morgan fingerprint density at radius 3 is 2.19 bits per heavy atom. The van der Waals surface area contributed by atoms with Crippen LogP contribution in [0.3, 0.4) is 0 Å². The van der Waals surface area contributed by atoms with Gasteiger partial charge in [0.25, 0.3) is 0 Å². The van der Waals surface area contributed by atoms with Crippen molar-refractivity contribution in [3.05, 3.63) is 89.8 Å². The number of aromatic nitrogens is 1. The van der Waals surface area contributed by atoms with Crippen molar-refractivity contribution in [2.45, 2.75) is 33.0 Å². The molecular weight excluding hydrogens is 474 g/mol. The highest BCUT2D eigenvalue weighted by Gasteiger charge is 2.20. The van der Waals surface area contributed by atoms with Crippen molar-refractivity contribution in [1.82, 2.24) is 10.3 Å². The molecule has 0 spiro atoms. The number of hydrogen-bond donors (Lipinski definition) is 2. The summed E-state index contributed by atoms with van der Waals surface area (Å²) in [5.74, 6) is -0.695. The highest BCUT2D eigenvalue weighted by Crippen LogP contribution is 2.25. The zero-order chi connectivity index (χ0) is 26.8. The number of ether oxygens (including phenoxy) is 3. The van der Waals surface area contributed by atoms with Gasteiger partial charge >= 0.3 is 18.2 Å². The van der Waals surface area contributed by atoms with Gasteiger partial charge in [-0.2, -0.15) is 0 Å². The molecule has 0 aliphatic rings. The standard InChI is InChI=1S/C28H29N3O6/c1-28(2,3)37-27(34)31-24-21(15-22(17-29-24)20-13-9-6-10-14-20)16-23(25(32)35-4)30-26(33)36-18-19-11-7-5-8-12-19/h5-17H,18H2,1-4H3,(H,30,33)(H,29,31,34). The Kier molecular flexibility index (Phi) is 8.99. The highest BCUT2D eigenvalue weighted by atomic mass is 16.6. The van der Waals surface area contributed by atoms with E-state index in [0.717, 1.165) is 16.7 Å². The molecule has 2 N–H and O–H groups in total. The van der Waals surface area contributed by atoms with E-state index in [4.69, 9.17) is 14.2 Å². The van der Waals surface area contributed by atoms with Gasteiger partial charge in [-0.1, -0.05) is 60.7 Å². The fourth-order valence-corrected chi connectivity index (χ4v) is 3.17. The molecule has 37 heavy (non-hydrogen) atoms. The zero-order valence-electron chi connectivity index (χ0n) is 21.1. The Labute approximate surface area is 215 Å². The summed E-state index contributed by atoms with van der Waals surface area (Å²) in [5, 5.41) is 5.01. The van der Waals surface area contributed by atoms with Crippen LogP contribution in [0.2, 0.25) is 0 Å². The molecule has 9 heteroatoms. The lowest BCUT2D eigenvalue weighted by atomic mass is 10.0. The van der Waals surface area contributed by atoms with Crippen molar-refractivity contribution < 1.29 is 28.6 Å². The topological polar surface area (TPSA) is 116 Å². The lowest BCUT2D eigenvalue weighted by Gasteiger charge is -2.20. The van der Waals surface area contributed by atoms with E-state index in [1.54, 1.807) is 45.2 Å². The Morgan fingerprint density at radius 1 is 0.919 bits per heavy atom. The van der Waals surface area contributed by atoms with Crippen molar-refractivity contribution in [3.63, 3.8) is 0 Å². The van der Waals surface area contributed by atoms with E-state index in [1.165, 1.54) is 13.2 Å². The maximum atomic E-state index is 12.5. The molecule has 1 aromatic heterocycles. The number of amides is 2. The highest BCUT2D eigenvalue weighted by molar-refractivity contribution is 5.98. The second-order valence-electron chi connectivity index (χ2n) is 8.89. The van der Waals surface area contributed by atoms with Crippen LogP contribution in [0.25, 0.3) is 17.2 Å². The third-order valence-electron chi connectivity index (χ3n) is 4.80. The largest absolute Gasteiger partial charge is 0.464 e. The molecule has 0 aliphatic carbocycles. The Balaban J connectivity index is 1.93. The molecule has 0 unspecified atom stereocenters. The van der Waals surface area contributed by atoms with E-state index in [9.17, 15) is 14.4 Å². The second-order valence-corrected chi connectivity index (χ2v) is 8.89. The fraction of sp³-hybridized carbons (Fsp3) is 0.214. The molecule has 2 amide bonds. The van der Waals surface area contributed by atoms with Crippen LogP contribution in [0.15, 0.2) is 78.6 Å². The maximum absolute atomic E-state index is 12.5. The number of carbonyl (C=O) groups excluding carboxylic acids is 3. The van der Waals surface area contributed by atoms with E-state index in [-0.39, 0.29) is 18.1 Å². The minimum Gasteiger partial charge on any atom is -0.464 e. The molecule has 192 valence electrons. The predicted molar refractivity (Wildman–Crippen MR) is 139 cm³/mol. The van der Waals surface area contributed by atoms with Crippen LogP contribution in [0, 0.1) is 0 Å². The molecule has 0 aliphatic heterocycles. The fourth-order valence-electron chi connectivity index (χ4n) is 3.17. The predicted octanol–water partition coefficient (Wildman–Crippen LogP) is 5.54. The van der Waals surface area contributed by atoms with E-state index >= 15 is 0 Å². The maximum Gasteiger partial charge on any atom is 0.413 e. The van der Waals surface area contributed by atoms with Crippen LogP contribution in [0.5, 0.6) is 0 Å². The average molecular weight is 504 g/mol. The summed E-state index contributed by atoms with van der Waals surface area (Å²) in [5.41, 5.74) is 1.76. The van der Waals surface area contributed by atoms with Gasteiger partial charge in [0, 0.05) is 17.3 Å². The SMILES string of the molecule is COC(=O)C(=Cc1cc(-c2ccccc2)cnc1NC(=O)OC(C)(C)C)NC(=O)OCc1ccccc1. The molecular formula is C28H29N3O6. The van der Waals surface area contributed by atoms with Gasteiger partial charge in [-0.05, 0) is 44.0 Å². The number of hydrogen-bond acceptors (Lipinski definition) is 7. The van der Waals surface area contributed by atoms with Crippen molar-refractivity contribution >= 4 is 30.0 Å². The molecule has 0 fully saturated rings. The average Bonchev–Trinajstić information content (AvgIpc) is 2.87. The number of esters is 1. The second kappa shape index (κ2) is 12.3. The molecule has 2 aromatic carbocycles. The van der Waals surface area contributed by atoms with Crippen LogP contribution in [-0.4, -0.2) is 35.9 Å². The summed E-state index contributed by atoms with van der Waals surface area (Å²) < 4.78 is 15.4. The van der Waals surface area contributed by atoms with Gasteiger partial charge in [0.15, 0.2) is 0 Å². The summed E-state index contributed by atoms with van der Waals surface area (Å²) in [6.07, 6.45) is 1.35. The smallest absolute Gasteiger partial charge is 0.413 e. The number of alkyl carbamates (subject to hydrolysis) is 1. The third kappa shape index (κ3) is 8.50. The normalized spacial score (nSPS) is 11.3. The summed E-state index contributed by atoms with van der Waals surface area (Å²) >= 11 is 0. The summed E-state index contributed by atoms with van der Waals surface area (Å²) in [6.45, 7) is 5.22. The Hall–Kier alpha value is -4.66. The van der Waals surface area contributed by atoms with Crippen LogP contribution >= 0.6 is 0 Å². The number of anilines is 1. The lowest BCUT2D eigenvalue weighted by molar-refractivity contribution is -0.136. The number of nitrogens with one attached hydrogen (secondary N) is 2.